The zero-order chi connectivity index (χ0) is 19.2. The highest BCUT2D eigenvalue weighted by atomic mass is 16.5. The summed E-state index contributed by atoms with van der Waals surface area (Å²) in [7, 11) is 0. The average Bonchev–Trinajstić information content (AvgIpc) is 2.68. The monoisotopic (exact) mass is 373 g/mol. The summed E-state index contributed by atoms with van der Waals surface area (Å²) < 4.78 is 5.11. The van der Waals surface area contributed by atoms with Crippen molar-refractivity contribution in [3.05, 3.63) is 34.9 Å². The molecule has 2 aliphatic rings. The molecular formula is C22H33N2O3+. The highest BCUT2D eigenvalue weighted by molar-refractivity contribution is 5.77. The van der Waals surface area contributed by atoms with E-state index in [4.69, 9.17) is 4.74 Å². The first-order valence-corrected chi connectivity index (χ1v) is 10.5. The van der Waals surface area contributed by atoms with Crippen LogP contribution < -0.4 is 10.2 Å². The zero-order valence-corrected chi connectivity index (χ0v) is 16.7. The molecule has 1 heterocycles. The van der Waals surface area contributed by atoms with Gasteiger partial charge in [-0.05, 0) is 56.2 Å². The van der Waals surface area contributed by atoms with E-state index in [1.807, 2.05) is 6.92 Å². The van der Waals surface area contributed by atoms with Gasteiger partial charge in [-0.3, -0.25) is 9.59 Å². The van der Waals surface area contributed by atoms with Gasteiger partial charge in [-0.15, -0.1) is 0 Å². The number of aryl methyl sites for hydroxylation is 2. The highest BCUT2D eigenvalue weighted by Crippen LogP contribution is 2.24. The number of benzene rings is 1. The third-order valence-corrected chi connectivity index (χ3v) is 5.97. The fourth-order valence-electron chi connectivity index (χ4n) is 4.32. The van der Waals surface area contributed by atoms with Crippen LogP contribution >= 0.6 is 0 Å². The maximum absolute atomic E-state index is 12.5. The minimum atomic E-state index is -0.0815. The first kappa shape index (κ1) is 19.9. The number of fused-ring (bicyclic) bond motifs is 1. The number of ether oxygens (including phenoxy) is 1. The van der Waals surface area contributed by atoms with Gasteiger partial charge in [0.15, 0.2) is 6.54 Å². The van der Waals surface area contributed by atoms with Crippen LogP contribution in [-0.4, -0.2) is 38.1 Å². The SMILES string of the molecule is CCOC(=O)C1CC[NH+](CC(=O)N[C@@H](C)c2ccc3c(c2)CCCC3)CC1. The number of likely N-dealkylation sites (tertiary alicyclic amines) is 1. The normalized spacial score (nSPS) is 23.2. The molecule has 3 rings (SSSR count). The number of esters is 1. The van der Waals surface area contributed by atoms with Crippen LogP contribution in [0.5, 0.6) is 0 Å². The van der Waals surface area contributed by atoms with E-state index in [0.717, 1.165) is 32.4 Å². The summed E-state index contributed by atoms with van der Waals surface area (Å²) in [6, 6.07) is 6.70. The molecule has 1 saturated heterocycles. The molecule has 2 N–H and O–H groups in total. The summed E-state index contributed by atoms with van der Waals surface area (Å²) in [5.41, 5.74) is 4.11. The van der Waals surface area contributed by atoms with Gasteiger partial charge in [0, 0.05) is 12.8 Å². The molecule has 1 atom stereocenters. The van der Waals surface area contributed by atoms with Crippen molar-refractivity contribution >= 4 is 11.9 Å². The Morgan fingerprint density at radius 3 is 2.59 bits per heavy atom. The summed E-state index contributed by atoms with van der Waals surface area (Å²) in [6.07, 6.45) is 6.51. The van der Waals surface area contributed by atoms with Crippen LogP contribution in [0.15, 0.2) is 18.2 Å². The molecule has 0 saturated carbocycles. The molecule has 1 aliphatic carbocycles. The fraction of sp³-hybridized carbons (Fsp3) is 0.636. The molecule has 0 unspecified atom stereocenters. The molecule has 1 aromatic rings. The topological polar surface area (TPSA) is 59.8 Å². The second kappa shape index (κ2) is 9.36. The Bertz CT molecular complexity index is 666. The summed E-state index contributed by atoms with van der Waals surface area (Å²) >= 11 is 0. The van der Waals surface area contributed by atoms with E-state index in [2.05, 4.69) is 30.4 Å². The predicted molar refractivity (Wildman–Crippen MR) is 105 cm³/mol. The molecule has 1 aliphatic heterocycles. The zero-order valence-electron chi connectivity index (χ0n) is 16.7. The lowest BCUT2D eigenvalue weighted by Gasteiger charge is -2.28. The van der Waals surface area contributed by atoms with E-state index in [1.54, 1.807) is 0 Å². The Balaban J connectivity index is 1.46. The van der Waals surface area contributed by atoms with Crippen molar-refractivity contribution in [3.8, 4) is 0 Å². The van der Waals surface area contributed by atoms with Crippen molar-refractivity contribution < 1.29 is 19.2 Å². The van der Waals surface area contributed by atoms with Gasteiger partial charge in [0.25, 0.3) is 5.91 Å². The van der Waals surface area contributed by atoms with Crippen LogP contribution in [0, 0.1) is 5.92 Å². The number of carbonyl (C=O) groups is 2. The van der Waals surface area contributed by atoms with E-state index in [-0.39, 0.29) is 23.8 Å². The summed E-state index contributed by atoms with van der Waals surface area (Å²) in [5, 5.41) is 3.15. The molecule has 5 heteroatoms. The second-order valence-electron chi connectivity index (χ2n) is 7.98. The fourth-order valence-corrected chi connectivity index (χ4v) is 4.32. The first-order valence-electron chi connectivity index (χ1n) is 10.5. The van der Waals surface area contributed by atoms with Gasteiger partial charge in [-0.1, -0.05) is 18.2 Å². The molecule has 0 aromatic heterocycles. The lowest BCUT2D eigenvalue weighted by Crippen LogP contribution is -3.14. The maximum atomic E-state index is 12.5. The van der Waals surface area contributed by atoms with Crippen molar-refractivity contribution in [1.82, 2.24) is 5.32 Å². The molecule has 0 radical (unpaired) electrons. The largest absolute Gasteiger partial charge is 0.466 e. The summed E-state index contributed by atoms with van der Waals surface area (Å²) in [5.74, 6) is 0.0121. The Kier molecular flexibility index (Phi) is 6.89. The van der Waals surface area contributed by atoms with E-state index in [0.29, 0.717) is 13.2 Å². The number of amides is 1. The van der Waals surface area contributed by atoms with Crippen molar-refractivity contribution in [2.45, 2.75) is 58.4 Å². The van der Waals surface area contributed by atoms with Crippen LogP contribution in [0.2, 0.25) is 0 Å². The number of hydrogen-bond acceptors (Lipinski definition) is 3. The standard InChI is InChI=1S/C22H32N2O3/c1-3-27-22(26)18-10-12-24(13-11-18)15-21(25)23-16(2)19-9-8-17-6-4-5-7-20(17)14-19/h8-9,14,16,18H,3-7,10-13,15H2,1-2H3,(H,23,25)/p+1/t16-/m0/s1. The van der Waals surface area contributed by atoms with Crippen LogP contribution in [0.4, 0.5) is 0 Å². The average molecular weight is 374 g/mol. The Morgan fingerprint density at radius 2 is 1.89 bits per heavy atom. The quantitative estimate of drug-likeness (QED) is 0.745. The molecule has 148 valence electrons. The molecule has 5 nitrogen and oxygen atoms in total. The van der Waals surface area contributed by atoms with Gasteiger partial charge in [0.2, 0.25) is 0 Å². The minimum absolute atomic E-state index is 0.00572. The predicted octanol–water partition coefficient (Wildman–Crippen LogP) is 1.60. The van der Waals surface area contributed by atoms with E-state index < -0.39 is 0 Å². The van der Waals surface area contributed by atoms with Crippen LogP contribution in [0.3, 0.4) is 0 Å². The van der Waals surface area contributed by atoms with Gasteiger partial charge in [0.1, 0.15) is 0 Å². The second-order valence-corrected chi connectivity index (χ2v) is 7.98. The van der Waals surface area contributed by atoms with Crippen molar-refractivity contribution in [2.75, 3.05) is 26.2 Å². The lowest BCUT2D eigenvalue weighted by molar-refractivity contribution is -0.897. The molecule has 27 heavy (non-hydrogen) atoms. The molecule has 1 aromatic carbocycles. The number of carbonyl (C=O) groups excluding carboxylic acids is 2. The third kappa shape index (κ3) is 5.32. The Morgan fingerprint density at radius 1 is 1.19 bits per heavy atom. The summed E-state index contributed by atoms with van der Waals surface area (Å²) in [6.45, 7) is 6.52. The molecule has 0 bridgehead atoms. The van der Waals surface area contributed by atoms with Crippen LogP contribution in [0.25, 0.3) is 0 Å². The smallest absolute Gasteiger partial charge is 0.309 e. The van der Waals surface area contributed by atoms with Gasteiger partial charge < -0.3 is 15.0 Å². The number of rotatable bonds is 6. The van der Waals surface area contributed by atoms with Gasteiger partial charge >= 0.3 is 5.97 Å². The molecule has 1 amide bonds. The minimum Gasteiger partial charge on any atom is -0.466 e. The third-order valence-electron chi connectivity index (χ3n) is 5.97. The van der Waals surface area contributed by atoms with E-state index in [9.17, 15) is 9.59 Å². The molecule has 1 fully saturated rings. The number of hydrogen-bond donors (Lipinski definition) is 2. The van der Waals surface area contributed by atoms with Crippen molar-refractivity contribution in [2.24, 2.45) is 5.92 Å². The highest BCUT2D eigenvalue weighted by Gasteiger charge is 2.29. The van der Waals surface area contributed by atoms with E-state index in [1.165, 1.54) is 40.9 Å². The number of nitrogens with one attached hydrogen (secondary N) is 2. The van der Waals surface area contributed by atoms with Crippen molar-refractivity contribution in [3.63, 3.8) is 0 Å². The lowest BCUT2D eigenvalue weighted by atomic mass is 9.89. The van der Waals surface area contributed by atoms with Crippen molar-refractivity contribution in [1.29, 1.82) is 0 Å². The Labute approximate surface area is 162 Å². The van der Waals surface area contributed by atoms with Gasteiger partial charge in [0.05, 0.1) is 31.7 Å². The molecule has 0 spiro atoms. The first-order chi connectivity index (χ1) is 13.1. The maximum Gasteiger partial charge on any atom is 0.309 e. The van der Waals surface area contributed by atoms with Crippen LogP contribution in [-0.2, 0) is 27.2 Å². The number of piperidine rings is 1. The van der Waals surface area contributed by atoms with Gasteiger partial charge in [-0.25, -0.2) is 0 Å². The van der Waals surface area contributed by atoms with E-state index >= 15 is 0 Å². The van der Waals surface area contributed by atoms with Gasteiger partial charge in [-0.2, -0.15) is 0 Å². The number of quaternary nitrogens is 1. The van der Waals surface area contributed by atoms with Crippen LogP contribution in [0.1, 0.15) is 62.3 Å². The Hall–Kier alpha value is -1.88. The molecular weight excluding hydrogens is 340 g/mol. The summed E-state index contributed by atoms with van der Waals surface area (Å²) in [4.78, 5) is 25.6.